The van der Waals surface area contributed by atoms with Crippen LogP contribution >= 0.6 is 0 Å². The van der Waals surface area contributed by atoms with Gasteiger partial charge >= 0.3 is 0 Å². The lowest BCUT2D eigenvalue weighted by Crippen LogP contribution is -2.27. The molecule has 2 N–H and O–H groups in total. The van der Waals surface area contributed by atoms with E-state index in [2.05, 4.69) is 16.4 Å². The number of nitriles is 1. The van der Waals surface area contributed by atoms with E-state index in [0.29, 0.717) is 47.1 Å². The number of hydrogen-bond donors (Lipinski definition) is 2. The van der Waals surface area contributed by atoms with E-state index < -0.39 is 32.2 Å². The van der Waals surface area contributed by atoms with E-state index in [0.717, 1.165) is 6.42 Å². The van der Waals surface area contributed by atoms with Gasteiger partial charge in [0.05, 0.1) is 22.6 Å². The van der Waals surface area contributed by atoms with Crippen molar-refractivity contribution < 1.29 is 18.3 Å². The summed E-state index contributed by atoms with van der Waals surface area (Å²) in [6.45, 7) is 3.85. The SMILES string of the molecule is CCCCc1nc(=O)c(S(=O)(=O)c2ccc(-c3ccccc3C(=O)NC)cc2)c(O)n1[C@@H](CC)c1cccc(C#N)c1. The van der Waals surface area contributed by atoms with Gasteiger partial charge in [0, 0.05) is 19.0 Å². The molecule has 1 aromatic heterocycles. The van der Waals surface area contributed by atoms with E-state index in [1.165, 1.54) is 23.7 Å². The van der Waals surface area contributed by atoms with E-state index in [-0.39, 0.29) is 16.6 Å². The molecule has 0 saturated carbocycles. The van der Waals surface area contributed by atoms with Crippen LogP contribution in [0.2, 0.25) is 0 Å². The first-order valence-electron chi connectivity index (χ1n) is 13.7. The second-order valence-electron chi connectivity index (χ2n) is 9.77. The van der Waals surface area contributed by atoms with Gasteiger partial charge in [-0.15, -0.1) is 0 Å². The number of hydrogen-bond acceptors (Lipinski definition) is 7. The summed E-state index contributed by atoms with van der Waals surface area (Å²) in [5.74, 6) is -0.703. The summed E-state index contributed by atoms with van der Waals surface area (Å²) < 4.78 is 29.1. The average molecular weight is 585 g/mol. The fourth-order valence-electron chi connectivity index (χ4n) is 5.00. The van der Waals surface area contributed by atoms with Gasteiger partial charge in [0.2, 0.25) is 15.7 Å². The smallest absolute Gasteiger partial charge is 0.296 e. The third kappa shape index (κ3) is 5.83. The summed E-state index contributed by atoms with van der Waals surface area (Å²) >= 11 is 0. The monoisotopic (exact) mass is 584 g/mol. The lowest BCUT2D eigenvalue weighted by molar-refractivity contribution is 0.0963. The fraction of sp³-hybridized carbons (Fsp3) is 0.250. The van der Waals surface area contributed by atoms with E-state index in [1.807, 2.05) is 13.8 Å². The van der Waals surface area contributed by atoms with E-state index in [4.69, 9.17) is 0 Å². The van der Waals surface area contributed by atoms with Crippen molar-refractivity contribution in [3.8, 4) is 23.1 Å². The number of nitrogens with zero attached hydrogens (tertiary/aromatic N) is 3. The van der Waals surface area contributed by atoms with Crippen molar-refractivity contribution in [2.24, 2.45) is 0 Å². The van der Waals surface area contributed by atoms with Gasteiger partial charge in [-0.2, -0.15) is 10.2 Å². The Labute approximate surface area is 245 Å². The molecule has 4 rings (SSSR count). The summed E-state index contributed by atoms with van der Waals surface area (Å²) in [6.07, 6.45) is 2.26. The second kappa shape index (κ2) is 12.8. The molecule has 0 saturated heterocycles. The predicted octanol–water partition coefficient (Wildman–Crippen LogP) is 5.02. The van der Waals surface area contributed by atoms with Crippen LogP contribution in [0.1, 0.15) is 66.5 Å². The Kier molecular flexibility index (Phi) is 9.23. The molecule has 0 radical (unpaired) electrons. The van der Waals surface area contributed by atoms with Crippen molar-refractivity contribution in [2.75, 3.05) is 7.05 Å². The summed E-state index contributed by atoms with van der Waals surface area (Å²) in [6, 6.07) is 21.1. The molecule has 10 heteroatoms. The Hall–Kier alpha value is -4.75. The summed E-state index contributed by atoms with van der Waals surface area (Å²) in [7, 11) is -2.98. The molecule has 0 aliphatic rings. The van der Waals surface area contributed by atoms with Crippen LogP contribution in [0.5, 0.6) is 5.88 Å². The van der Waals surface area contributed by atoms with Gasteiger partial charge in [-0.3, -0.25) is 14.2 Å². The molecule has 9 nitrogen and oxygen atoms in total. The molecule has 0 bridgehead atoms. The van der Waals surface area contributed by atoms with Gasteiger partial charge in [0.15, 0.2) is 4.90 Å². The topological polar surface area (TPSA) is 142 Å². The maximum atomic E-state index is 13.8. The molecule has 4 aromatic rings. The van der Waals surface area contributed by atoms with Gasteiger partial charge in [0.1, 0.15) is 5.82 Å². The molecule has 3 aromatic carbocycles. The highest BCUT2D eigenvalue weighted by molar-refractivity contribution is 7.91. The van der Waals surface area contributed by atoms with E-state index in [1.54, 1.807) is 60.7 Å². The van der Waals surface area contributed by atoms with Crippen molar-refractivity contribution >= 4 is 15.7 Å². The standard InChI is InChI=1S/C32H32N4O5S/c1-4-6-14-28-35-31(38)29(32(39)36(28)27(5-2)23-11-9-10-21(19-23)20-33)42(40,41)24-17-15-22(16-18-24)25-12-7-8-13-26(25)30(37)34-3/h7-13,15-19,27,39H,4-6,14H2,1-3H3,(H,34,37)/t27-/m0/s1. The highest BCUT2D eigenvalue weighted by Gasteiger charge is 2.32. The molecule has 0 aliphatic heterocycles. The molecule has 0 spiro atoms. The number of unbranched alkanes of at least 4 members (excludes halogenated alkanes) is 1. The number of aromatic nitrogens is 2. The number of benzene rings is 3. The number of rotatable bonds is 10. The van der Waals surface area contributed by atoms with Gasteiger partial charge in [-0.05, 0) is 59.9 Å². The van der Waals surface area contributed by atoms with Gasteiger partial charge in [0.25, 0.3) is 11.5 Å². The highest BCUT2D eigenvalue weighted by Crippen LogP contribution is 2.34. The Balaban J connectivity index is 1.86. The minimum absolute atomic E-state index is 0.203. The molecule has 0 fully saturated rings. The average Bonchev–Trinajstić information content (AvgIpc) is 3.01. The zero-order chi connectivity index (χ0) is 30.4. The van der Waals surface area contributed by atoms with Crippen LogP contribution in [0.3, 0.4) is 0 Å². The summed E-state index contributed by atoms with van der Waals surface area (Å²) in [4.78, 5) is 28.7. The van der Waals surface area contributed by atoms with Crippen molar-refractivity contribution in [2.45, 2.75) is 55.4 Å². The second-order valence-corrected chi connectivity index (χ2v) is 11.7. The first kappa shape index (κ1) is 30.2. The largest absolute Gasteiger partial charge is 0.493 e. The van der Waals surface area contributed by atoms with Crippen molar-refractivity contribution in [1.29, 1.82) is 5.26 Å². The number of aryl methyl sites for hydroxylation is 1. The molecule has 1 heterocycles. The molecule has 1 amide bonds. The zero-order valence-electron chi connectivity index (χ0n) is 23.7. The third-order valence-corrected chi connectivity index (χ3v) is 8.92. The highest BCUT2D eigenvalue weighted by atomic mass is 32.2. The van der Waals surface area contributed by atoms with E-state index in [9.17, 15) is 28.4 Å². The van der Waals surface area contributed by atoms with Crippen LogP contribution in [0.15, 0.2) is 87.4 Å². The number of carbonyl (C=O) groups excluding carboxylic acids is 1. The Morgan fingerprint density at radius 2 is 1.79 bits per heavy atom. The lowest BCUT2D eigenvalue weighted by Gasteiger charge is -2.25. The number of sulfone groups is 1. The van der Waals surface area contributed by atoms with E-state index >= 15 is 0 Å². The maximum Gasteiger partial charge on any atom is 0.296 e. The molecule has 0 unspecified atom stereocenters. The number of aromatic hydroxyl groups is 1. The summed E-state index contributed by atoms with van der Waals surface area (Å²) in [5, 5.41) is 23.5. The maximum absolute atomic E-state index is 13.8. The van der Waals surface area contributed by atoms with Crippen LogP contribution < -0.4 is 10.9 Å². The van der Waals surface area contributed by atoms with Crippen molar-refractivity contribution in [3.05, 3.63) is 106 Å². The molecular weight excluding hydrogens is 552 g/mol. The predicted molar refractivity (Wildman–Crippen MR) is 159 cm³/mol. The van der Waals surface area contributed by atoms with Crippen molar-refractivity contribution in [1.82, 2.24) is 14.9 Å². The number of amides is 1. The quantitative estimate of drug-likeness (QED) is 0.266. The fourth-order valence-corrected chi connectivity index (χ4v) is 6.35. The van der Waals surface area contributed by atoms with Gasteiger partial charge < -0.3 is 10.4 Å². The van der Waals surface area contributed by atoms with Crippen LogP contribution in [0.25, 0.3) is 11.1 Å². The minimum atomic E-state index is -4.50. The number of carbonyl (C=O) groups is 1. The first-order valence-corrected chi connectivity index (χ1v) is 15.2. The molecule has 0 aliphatic carbocycles. The lowest BCUT2D eigenvalue weighted by atomic mass is 9.99. The molecule has 1 atom stereocenters. The van der Waals surface area contributed by atoms with Gasteiger partial charge in [-0.1, -0.05) is 62.7 Å². The molecule has 42 heavy (non-hydrogen) atoms. The third-order valence-electron chi connectivity index (χ3n) is 7.13. The Morgan fingerprint density at radius 3 is 2.43 bits per heavy atom. The number of nitrogens with one attached hydrogen (secondary N) is 1. The van der Waals surface area contributed by atoms with Crippen LogP contribution in [0.4, 0.5) is 0 Å². The molecular formula is C32H32N4O5S. The van der Waals surface area contributed by atoms with Gasteiger partial charge in [-0.25, -0.2) is 8.42 Å². The van der Waals surface area contributed by atoms with Crippen molar-refractivity contribution in [3.63, 3.8) is 0 Å². The van der Waals surface area contributed by atoms with Crippen LogP contribution in [-0.2, 0) is 16.3 Å². The normalized spacial score (nSPS) is 12.0. The minimum Gasteiger partial charge on any atom is -0.493 e. The Morgan fingerprint density at radius 1 is 1.07 bits per heavy atom. The first-order chi connectivity index (χ1) is 20.2. The zero-order valence-corrected chi connectivity index (χ0v) is 24.5. The van der Waals surface area contributed by atoms with Crippen LogP contribution in [0, 0.1) is 11.3 Å². The molecule has 216 valence electrons. The Bertz CT molecular complexity index is 1820. The van der Waals surface area contributed by atoms with Crippen LogP contribution in [-0.4, -0.2) is 36.0 Å². The summed E-state index contributed by atoms with van der Waals surface area (Å²) in [5.41, 5.74) is 1.70.